The van der Waals surface area contributed by atoms with Crippen molar-refractivity contribution in [3.8, 4) is 0 Å². The molecule has 3 atom stereocenters. The van der Waals surface area contributed by atoms with Crippen LogP contribution in [-0.4, -0.2) is 37.1 Å². The maximum Gasteiger partial charge on any atom is 0.0249 e. The van der Waals surface area contributed by atoms with Crippen molar-refractivity contribution >= 4 is 0 Å². The summed E-state index contributed by atoms with van der Waals surface area (Å²) in [4.78, 5) is 2.62. The highest BCUT2D eigenvalue weighted by Gasteiger charge is 2.38. The van der Waals surface area contributed by atoms with Crippen LogP contribution in [0, 0.1) is 17.3 Å². The van der Waals surface area contributed by atoms with Crippen molar-refractivity contribution in [3.63, 3.8) is 0 Å². The Morgan fingerprint density at radius 1 is 1.20 bits per heavy atom. The number of hydrogen-bond acceptors (Lipinski definition) is 2. The Bertz CT molecular complexity index is 273. The van der Waals surface area contributed by atoms with E-state index in [0.717, 1.165) is 18.4 Å². The molecule has 2 heteroatoms. The van der Waals surface area contributed by atoms with Crippen molar-refractivity contribution < 1.29 is 0 Å². The molecule has 0 aliphatic heterocycles. The van der Waals surface area contributed by atoms with Gasteiger partial charge >= 0.3 is 0 Å². The molecule has 1 N–H and O–H groups in total. The van der Waals surface area contributed by atoms with E-state index in [0.29, 0.717) is 17.5 Å². The van der Waals surface area contributed by atoms with Gasteiger partial charge in [0.15, 0.2) is 0 Å². The second-order valence-corrected chi connectivity index (χ2v) is 7.92. The van der Waals surface area contributed by atoms with Gasteiger partial charge in [0.2, 0.25) is 0 Å². The van der Waals surface area contributed by atoms with Gasteiger partial charge in [0.1, 0.15) is 0 Å². The molecule has 0 spiro atoms. The summed E-state index contributed by atoms with van der Waals surface area (Å²) in [5, 5.41) is 3.74. The van der Waals surface area contributed by atoms with E-state index in [1.807, 2.05) is 0 Å². The van der Waals surface area contributed by atoms with Gasteiger partial charge in [-0.15, -0.1) is 0 Å². The van der Waals surface area contributed by atoms with Gasteiger partial charge in [-0.25, -0.2) is 0 Å². The molecule has 0 radical (unpaired) electrons. The summed E-state index contributed by atoms with van der Waals surface area (Å²) >= 11 is 0. The first-order valence-corrected chi connectivity index (χ1v) is 8.75. The van der Waals surface area contributed by atoms with Crippen molar-refractivity contribution in [1.29, 1.82) is 0 Å². The summed E-state index contributed by atoms with van der Waals surface area (Å²) in [6.07, 6.45) is 5.39. The first kappa shape index (κ1) is 18.0. The van der Waals surface area contributed by atoms with E-state index >= 15 is 0 Å². The number of likely N-dealkylation sites (N-methyl/N-ethyl adjacent to an activating group) is 2. The van der Waals surface area contributed by atoms with E-state index in [1.54, 1.807) is 0 Å². The maximum atomic E-state index is 3.74. The summed E-state index contributed by atoms with van der Waals surface area (Å²) in [5.74, 6) is 1.63. The SMILES string of the molecule is CCNC1CCC(C(C)(C)CC)CC1N(C)CC(C)C. The summed E-state index contributed by atoms with van der Waals surface area (Å²) in [6, 6.07) is 1.40. The second-order valence-electron chi connectivity index (χ2n) is 7.92. The van der Waals surface area contributed by atoms with Crippen molar-refractivity contribution in [2.45, 2.75) is 79.3 Å². The Morgan fingerprint density at radius 3 is 2.35 bits per heavy atom. The van der Waals surface area contributed by atoms with Gasteiger partial charge in [0.25, 0.3) is 0 Å². The molecule has 0 aromatic heterocycles. The van der Waals surface area contributed by atoms with Crippen LogP contribution < -0.4 is 5.32 Å². The van der Waals surface area contributed by atoms with Crippen LogP contribution in [0.4, 0.5) is 0 Å². The minimum absolute atomic E-state index is 0.494. The molecule has 0 bridgehead atoms. The Labute approximate surface area is 127 Å². The fourth-order valence-electron chi connectivity index (χ4n) is 3.84. The summed E-state index contributed by atoms with van der Waals surface area (Å²) in [7, 11) is 2.33. The van der Waals surface area contributed by atoms with Crippen LogP contribution in [0.1, 0.15) is 67.2 Å². The van der Waals surface area contributed by atoms with Crippen molar-refractivity contribution in [1.82, 2.24) is 10.2 Å². The van der Waals surface area contributed by atoms with Crippen LogP contribution in [0.2, 0.25) is 0 Å². The fourth-order valence-corrected chi connectivity index (χ4v) is 3.84. The molecule has 1 aliphatic carbocycles. The molecule has 0 aromatic rings. The van der Waals surface area contributed by atoms with Crippen molar-refractivity contribution in [2.75, 3.05) is 20.1 Å². The van der Waals surface area contributed by atoms with E-state index < -0.39 is 0 Å². The highest BCUT2D eigenvalue weighted by atomic mass is 15.2. The highest BCUT2D eigenvalue weighted by Crippen LogP contribution is 2.41. The first-order valence-electron chi connectivity index (χ1n) is 8.75. The van der Waals surface area contributed by atoms with Gasteiger partial charge in [-0.3, -0.25) is 0 Å². The molecule has 120 valence electrons. The van der Waals surface area contributed by atoms with Crippen LogP contribution in [-0.2, 0) is 0 Å². The minimum Gasteiger partial charge on any atom is -0.313 e. The molecule has 1 aliphatic rings. The van der Waals surface area contributed by atoms with E-state index in [1.165, 1.54) is 32.2 Å². The molecule has 0 saturated heterocycles. The second kappa shape index (κ2) is 7.79. The van der Waals surface area contributed by atoms with Gasteiger partial charge in [-0.2, -0.15) is 0 Å². The summed E-state index contributed by atoms with van der Waals surface area (Å²) in [6.45, 7) is 16.5. The van der Waals surface area contributed by atoms with Gasteiger partial charge in [0, 0.05) is 18.6 Å². The van der Waals surface area contributed by atoms with E-state index in [-0.39, 0.29) is 0 Å². The average molecular weight is 283 g/mol. The Morgan fingerprint density at radius 2 is 1.85 bits per heavy atom. The topological polar surface area (TPSA) is 15.3 Å². The van der Waals surface area contributed by atoms with Crippen LogP contribution >= 0.6 is 0 Å². The minimum atomic E-state index is 0.494. The third-order valence-electron chi connectivity index (χ3n) is 5.52. The van der Waals surface area contributed by atoms with E-state index in [9.17, 15) is 0 Å². The molecule has 2 nitrogen and oxygen atoms in total. The third-order valence-corrected chi connectivity index (χ3v) is 5.52. The molecule has 1 fully saturated rings. The molecule has 1 saturated carbocycles. The molecule has 1 rings (SSSR count). The summed E-state index contributed by atoms with van der Waals surface area (Å²) in [5.41, 5.74) is 0.494. The van der Waals surface area contributed by atoms with Crippen molar-refractivity contribution in [3.05, 3.63) is 0 Å². The molecule has 0 amide bonds. The van der Waals surface area contributed by atoms with Gasteiger partial charge in [0.05, 0.1) is 0 Å². The van der Waals surface area contributed by atoms with Crippen LogP contribution in [0.25, 0.3) is 0 Å². The van der Waals surface area contributed by atoms with Gasteiger partial charge in [-0.1, -0.05) is 48.0 Å². The fraction of sp³-hybridized carbons (Fsp3) is 1.00. The molecule has 0 heterocycles. The largest absolute Gasteiger partial charge is 0.313 e. The van der Waals surface area contributed by atoms with Crippen LogP contribution in [0.3, 0.4) is 0 Å². The number of hydrogen-bond donors (Lipinski definition) is 1. The first-order chi connectivity index (χ1) is 9.31. The lowest BCUT2D eigenvalue weighted by molar-refractivity contribution is 0.0579. The molecule has 20 heavy (non-hydrogen) atoms. The number of nitrogens with one attached hydrogen (secondary N) is 1. The summed E-state index contributed by atoms with van der Waals surface area (Å²) < 4.78 is 0. The lowest BCUT2D eigenvalue weighted by Crippen LogP contribution is -2.54. The Balaban J connectivity index is 2.76. The number of nitrogens with zero attached hydrogens (tertiary/aromatic N) is 1. The van der Waals surface area contributed by atoms with Crippen LogP contribution in [0.15, 0.2) is 0 Å². The standard InChI is InChI=1S/C18H38N2/c1-8-18(5,6)15-10-11-16(19-9-2)17(12-15)20(7)13-14(3)4/h14-17,19H,8-13H2,1-7H3. The zero-order chi connectivity index (χ0) is 15.3. The van der Waals surface area contributed by atoms with Crippen LogP contribution in [0.5, 0.6) is 0 Å². The molecular formula is C18H38N2. The Kier molecular flexibility index (Phi) is 7.00. The molecular weight excluding hydrogens is 244 g/mol. The number of rotatable bonds is 7. The maximum absolute atomic E-state index is 3.74. The van der Waals surface area contributed by atoms with Crippen molar-refractivity contribution in [2.24, 2.45) is 17.3 Å². The lowest BCUT2D eigenvalue weighted by Gasteiger charge is -2.46. The lowest BCUT2D eigenvalue weighted by atomic mass is 9.67. The Hall–Kier alpha value is -0.0800. The monoisotopic (exact) mass is 282 g/mol. The smallest absolute Gasteiger partial charge is 0.0249 e. The zero-order valence-electron chi connectivity index (χ0n) is 15.0. The predicted octanol–water partition coefficient (Wildman–Crippen LogP) is 4.16. The third kappa shape index (κ3) is 4.73. The van der Waals surface area contributed by atoms with E-state index in [2.05, 4.69) is 58.8 Å². The molecule has 3 unspecified atom stereocenters. The normalized spacial score (nSPS) is 28.4. The highest BCUT2D eigenvalue weighted by molar-refractivity contribution is 4.94. The predicted molar refractivity (Wildman–Crippen MR) is 90.1 cm³/mol. The zero-order valence-corrected chi connectivity index (χ0v) is 15.0. The average Bonchev–Trinajstić information content (AvgIpc) is 2.38. The van der Waals surface area contributed by atoms with Gasteiger partial charge in [-0.05, 0) is 50.1 Å². The quantitative estimate of drug-likeness (QED) is 0.754. The molecule has 0 aromatic carbocycles. The van der Waals surface area contributed by atoms with E-state index in [4.69, 9.17) is 0 Å². The van der Waals surface area contributed by atoms with Gasteiger partial charge < -0.3 is 10.2 Å².